The van der Waals surface area contributed by atoms with Gasteiger partial charge >= 0.3 is 0 Å². The quantitative estimate of drug-likeness (QED) is 0.764. The first-order chi connectivity index (χ1) is 11.2. The molecule has 1 amide bonds. The molecule has 0 saturated heterocycles. The molecule has 5 nitrogen and oxygen atoms in total. The number of rotatable bonds is 2. The summed E-state index contributed by atoms with van der Waals surface area (Å²) in [5.41, 5.74) is 3.67. The van der Waals surface area contributed by atoms with Gasteiger partial charge < -0.3 is 10.3 Å². The van der Waals surface area contributed by atoms with Gasteiger partial charge in [-0.3, -0.25) is 4.79 Å². The maximum absolute atomic E-state index is 12.6. The molecule has 116 valence electrons. The van der Waals surface area contributed by atoms with Crippen molar-refractivity contribution < 1.29 is 4.79 Å². The molecular formula is C18H18N4O. The van der Waals surface area contributed by atoms with E-state index in [1.54, 1.807) is 0 Å². The molecule has 0 aliphatic heterocycles. The van der Waals surface area contributed by atoms with Crippen molar-refractivity contribution in [1.29, 1.82) is 0 Å². The van der Waals surface area contributed by atoms with E-state index in [0.29, 0.717) is 5.69 Å². The number of carbonyl (C=O) groups is 1. The highest BCUT2D eigenvalue weighted by Crippen LogP contribution is 2.28. The van der Waals surface area contributed by atoms with Gasteiger partial charge in [-0.2, -0.15) is 0 Å². The highest BCUT2D eigenvalue weighted by molar-refractivity contribution is 5.98. The number of aryl methyl sites for hydroxylation is 2. The molecule has 4 rings (SSSR count). The summed E-state index contributed by atoms with van der Waals surface area (Å²) in [6.45, 7) is 1.90. The molecule has 23 heavy (non-hydrogen) atoms. The van der Waals surface area contributed by atoms with Crippen LogP contribution in [0.5, 0.6) is 0 Å². The summed E-state index contributed by atoms with van der Waals surface area (Å²) in [6.07, 6.45) is 4.76. The third-order valence-electron chi connectivity index (χ3n) is 4.38. The Hall–Kier alpha value is -2.69. The first-order valence-electron chi connectivity index (χ1n) is 7.92. The molecule has 0 fully saturated rings. The van der Waals surface area contributed by atoms with Crippen molar-refractivity contribution >= 4 is 16.8 Å². The van der Waals surface area contributed by atoms with Crippen molar-refractivity contribution in [2.24, 2.45) is 0 Å². The fourth-order valence-corrected chi connectivity index (χ4v) is 3.23. The van der Waals surface area contributed by atoms with E-state index >= 15 is 0 Å². The number of fused-ring (bicyclic) bond motifs is 2. The molecule has 0 bridgehead atoms. The Balaban J connectivity index is 1.60. The van der Waals surface area contributed by atoms with Crippen LogP contribution in [0.25, 0.3) is 10.9 Å². The smallest absolute Gasteiger partial charge is 0.268 e. The second-order valence-electron chi connectivity index (χ2n) is 6.01. The van der Waals surface area contributed by atoms with E-state index in [4.69, 9.17) is 0 Å². The number of aromatic nitrogens is 3. The highest BCUT2D eigenvalue weighted by Gasteiger charge is 2.24. The van der Waals surface area contributed by atoms with Crippen LogP contribution in [0.2, 0.25) is 0 Å². The van der Waals surface area contributed by atoms with Crippen molar-refractivity contribution in [1.82, 2.24) is 20.3 Å². The SMILES string of the molecule is Cc1ncc2c(n1)CCC[C@H]2NC(=O)c1cc2ccccc2[nH]1. The second-order valence-corrected chi connectivity index (χ2v) is 6.01. The number of carbonyl (C=O) groups excluding carboxylic acids is 1. The van der Waals surface area contributed by atoms with E-state index in [9.17, 15) is 4.79 Å². The summed E-state index contributed by atoms with van der Waals surface area (Å²) < 4.78 is 0. The number of nitrogens with one attached hydrogen (secondary N) is 2. The van der Waals surface area contributed by atoms with Crippen LogP contribution in [0, 0.1) is 6.92 Å². The lowest BCUT2D eigenvalue weighted by Crippen LogP contribution is -2.31. The number of H-pyrrole nitrogens is 1. The third kappa shape index (κ3) is 2.59. The summed E-state index contributed by atoms with van der Waals surface area (Å²) >= 11 is 0. The Morgan fingerprint density at radius 3 is 3.09 bits per heavy atom. The Morgan fingerprint density at radius 2 is 2.22 bits per heavy atom. The maximum atomic E-state index is 12.6. The van der Waals surface area contributed by atoms with Crippen molar-refractivity contribution in [2.75, 3.05) is 0 Å². The molecule has 1 aliphatic carbocycles. The van der Waals surface area contributed by atoms with Crippen molar-refractivity contribution in [3.05, 3.63) is 59.3 Å². The number of hydrogen-bond acceptors (Lipinski definition) is 3. The standard InChI is InChI=1S/C18H18N4O/c1-11-19-10-13-15(20-11)7-4-8-16(13)22-18(23)17-9-12-5-2-3-6-14(12)21-17/h2-3,5-6,9-10,16,21H,4,7-8H2,1H3,(H,22,23)/t16-/m1/s1. The Labute approximate surface area is 134 Å². The number of benzene rings is 1. The minimum absolute atomic E-state index is 0.0155. The van der Waals surface area contributed by atoms with E-state index in [0.717, 1.165) is 47.2 Å². The van der Waals surface area contributed by atoms with Crippen LogP contribution in [0.1, 0.15) is 46.5 Å². The molecule has 1 aromatic carbocycles. The molecule has 0 saturated carbocycles. The van der Waals surface area contributed by atoms with Crippen LogP contribution in [-0.4, -0.2) is 20.9 Å². The summed E-state index contributed by atoms with van der Waals surface area (Å²) in [4.78, 5) is 24.5. The normalized spacial score (nSPS) is 17.0. The van der Waals surface area contributed by atoms with Crippen LogP contribution in [-0.2, 0) is 6.42 Å². The molecule has 5 heteroatoms. The number of aromatic amines is 1. The lowest BCUT2D eigenvalue weighted by atomic mass is 9.92. The monoisotopic (exact) mass is 306 g/mol. The van der Waals surface area contributed by atoms with Crippen molar-refractivity contribution in [3.63, 3.8) is 0 Å². The average Bonchev–Trinajstić information content (AvgIpc) is 2.99. The largest absolute Gasteiger partial charge is 0.351 e. The zero-order chi connectivity index (χ0) is 15.8. The number of para-hydroxylation sites is 1. The topological polar surface area (TPSA) is 70.7 Å². The molecule has 0 unspecified atom stereocenters. The van der Waals surface area contributed by atoms with Gasteiger partial charge in [-0.05, 0) is 38.3 Å². The minimum atomic E-state index is -0.0837. The van der Waals surface area contributed by atoms with Crippen LogP contribution < -0.4 is 5.32 Å². The van der Waals surface area contributed by atoms with Crippen molar-refractivity contribution in [2.45, 2.75) is 32.2 Å². The molecule has 0 radical (unpaired) electrons. The van der Waals surface area contributed by atoms with E-state index in [-0.39, 0.29) is 11.9 Å². The van der Waals surface area contributed by atoms with E-state index in [1.807, 2.05) is 43.5 Å². The van der Waals surface area contributed by atoms with Gasteiger partial charge in [-0.25, -0.2) is 9.97 Å². The average molecular weight is 306 g/mol. The van der Waals surface area contributed by atoms with Gasteiger partial charge in [0.1, 0.15) is 11.5 Å². The lowest BCUT2D eigenvalue weighted by molar-refractivity contribution is 0.0928. The number of nitrogens with zero attached hydrogens (tertiary/aromatic N) is 2. The fourth-order valence-electron chi connectivity index (χ4n) is 3.23. The predicted octanol–water partition coefficient (Wildman–Crippen LogP) is 3.07. The Morgan fingerprint density at radius 1 is 1.35 bits per heavy atom. The van der Waals surface area contributed by atoms with Crippen molar-refractivity contribution in [3.8, 4) is 0 Å². The Kier molecular flexibility index (Phi) is 3.33. The van der Waals surface area contributed by atoms with Gasteiger partial charge in [-0.15, -0.1) is 0 Å². The summed E-state index contributed by atoms with van der Waals surface area (Å²) in [5, 5.41) is 4.16. The molecule has 2 aromatic heterocycles. The molecule has 3 aromatic rings. The molecule has 1 atom stereocenters. The molecular weight excluding hydrogens is 288 g/mol. The maximum Gasteiger partial charge on any atom is 0.268 e. The zero-order valence-corrected chi connectivity index (χ0v) is 13.0. The zero-order valence-electron chi connectivity index (χ0n) is 13.0. The number of amides is 1. The fraction of sp³-hybridized carbons (Fsp3) is 0.278. The van der Waals surface area contributed by atoms with E-state index in [2.05, 4.69) is 20.3 Å². The van der Waals surface area contributed by atoms with Crippen LogP contribution >= 0.6 is 0 Å². The van der Waals surface area contributed by atoms with Crippen LogP contribution in [0.4, 0.5) is 0 Å². The first kappa shape index (κ1) is 13.9. The van der Waals surface area contributed by atoms with Gasteiger partial charge in [0, 0.05) is 28.4 Å². The van der Waals surface area contributed by atoms with Gasteiger partial charge in [-0.1, -0.05) is 18.2 Å². The van der Waals surface area contributed by atoms with E-state index in [1.165, 1.54) is 0 Å². The van der Waals surface area contributed by atoms with Crippen LogP contribution in [0.15, 0.2) is 36.5 Å². The Bertz CT molecular complexity index is 851. The molecule has 2 heterocycles. The molecule has 0 spiro atoms. The second kappa shape index (κ2) is 5.50. The third-order valence-corrected chi connectivity index (χ3v) is 4.38. The summed E-state index contributed by atoms with van der Waals surface area (Å²) in [7, 11) is 0. The van der Waals surface area contributed by atoms with Gasteiger partial charge in [0.25, 0.3) is 5.91 Å². The van der Waals surface area contributed by atoms with Gasteiger partial charge in [0.15, 0.2) is 0 Å². The van der Waals surface area contributed by atoms with Gasteiger partial charge in [0.2, 0.25) is 0 Å². The molecule has 1 aliphatic rings. The molecule has 2 N–H and O–H groups in total. The highest BCUT2D eigenvalue weighted by atomic mass is 16.1. The minimum Gasteiger partial charge on any atom is -0.351 e. The van der Waals surface area contributed by atoms with Gasteiger partial charge in [0.05, 0.1) is 6.04 Å². The van der Waals surface area contributed by atoms with Crippen LogP contribution in [0.3, 0.4) is 0 Å². The predicted molar refractivity (Wildman–Crippen MR) is 88.2 cm³/mol. The summed E-state index contributed by atoms with van der Waals surface area (Å²) in [5.74, 6) is 0.700. The lowest BCUT2D eigenvalue weighted by Gasteiger charge is -2.25. The van der Waals surface area contributed by atoms with E-state index < -0.39 is 0 Å². The first-order valence-corrected chi connectivity index (χ1v) is 7.92. The number of hydrogen-bond donors (Lipinski definition) is 2. The summed E-state index contributed by atoms with van der Waals surface area (Å²) in [6, 6.07) is 9.76.